The highest BCUT2D eigenvalue weighted by atomic mass is 35.5. The lowest BCUT2D eigenvalue weighted by atomic mass is 9.82. The van der Waals surface area contributed by atoms with Crippen LogP contribution in [0.25, 0.3) is 0 Å². The fraction of sp³-hybridized carbons (Fsp3) is 0.636. The Balaban J connectivity index is 2.27. The normalized spacial score (nSPS) is 21.9. The van der Waals surface area contributed by atoms with E-state index >= 15 is 0 Å². The molecule has 84 valence electrons. The molecule has 0 nitrogen and oxygen atoms in total. The molecule has 4 heteroatoms. The molecule has 0 spiro atoms. The molecule has 1 aromatic rings. The molecule has 1 aliphatic carbocycles. The quantitative estimate of drug-likeness (QED) is 0.591. The zero-order valence-corrected chi connectivity index (χ0v) is 11.6. The summed E-state index contributed by atoms with van der Waals surface area (Å²) in [6.07, 6.45) is 4.92. The summed E-state index contributed by atoms with van der Waals surface area (Å²) in [5.74, 6) is 0. The SMILES string of the molecule is CC1(C(Cl)c2cc(Cl)sc2Cl)CCCC1. The molecule has 1 aliphatic rings. The molecule has 0 N–H and O–H groups in total. The predicted molar refractivity (Wildman–Crippen MR) is 69.5 cm³/mol. The van der Waals surface area contributed by atoms with Crippen molar-refractivity contribution in [3.63, 3.8) is 0 Å². The first-order chi connectivity index (χ1) is 7.03. The number of hydrogen-bond acceptors (Lipinski definition) is 1. The molecule has 1 fully saturated rings. The van der Waals surface area contributed by atoms with Crippen LogP contribution in [0.3, 0.4) is 0 Å². The van der Waals surface area contributed by atoms with E-state index in [1.165, 1.54) is 37.0 Å². The summed E-state index contributed by atoms with van der Waals surface area (Å²) in [5, 5.41) is -0.00347. The second kappa shape index (κ2) is 4.44. The molecule has 0 amide bonds. The summed E-state index contributed by atoms with van der Waals surface area (Å²) in [7, 11) is 0. The van der Waals surface area contributed by atoms with E-state index in [-0.39, 0.29) is 10.8 Å². The molecule has 1 heterocycles. The Morgan fingerprint density at radius 3 is 2.40 bits per heavy atom. The average Bonchev–Trinajstić information content (AvgIpc) is 2.73. The maximum absolute atomic E-state index is 6.54. The van der Waals surface area contributed by atoms with Crippen molar-refractivity contribution < 1.29 is 0 Å². The minimum absolute atomic E-state index is 0.00347. The molecule has 1 saturated carbocycles. The van der Waals surface area contributed by atoms with E-state index in [1.54, 1.807) is 0 Å². The Bertz CT molecular complexity index is 353. The summed E-state index contributed by atoms with van der Waals surface area (Å²) < 4.78 is 1.47. The highest BCUT2D eigenvalue weighted by Crippen LogP contribution is 2.53. The van der Waals surface area contributed by atoms with Crippen molar-refractivity contribution in [3.8, 4) is 0 Å². The molecular weight excluding hydrogens is 271 g/mol. The second-order valence-corrected chi connectivity index (χ2v) is 7.23. The van der Waals surface area contributed by atoms with Gasteiger partial charge in [0.2, 0.25) is 0 Å². The van der Waals surface area contributed by atoms with Gasteiger partial charge in [-0.05, 0) is 24.3 Å². The second-order valence-electron chi connectivity index (χ2n) is 4.50. The Kier molecular flexibility index (Phi) is 3.57. The van der Waals surface area contributed by atoms with Gasteiger partial charge in [0, 0.05) is 5.56 Å². The van der Waals surface area contributed by atoms with E-state index in [9.17, 15) is 0 Å². The lowest BCUT2D eigenvalue weighted by molar-refractivity contribution is 0.322. The first-order valence-electron chi connectivity index (χ1n) is 5.12. The number of hydrogen-bond donors (Lipinski definition) is 0. The van der Waals surface area contributed by atoms with Crippen molar-refractivity contribution >= 4 is 46.1 Å². The van der Waals surface area contributed by atoms with Crippen LogP contribution in [0.15, 0.2) is 6.07 Å². The van der Waals surface area contributed by atoms with Crippen molar-refractivity contribution in [1.82, 2.24) is 0 Å². The lowest BCUT2D eigenvalue weighted by Gasteiger charge is -2.29. The first kappa shape index (κ1) is 12.0. The zero-order valence-electron chi connectivity index (χ0n) is 8.53. The molecule has 1 unspecified atom stereocenters. The summed E-state index contributed by atoms with van der Waals surface area (Å²) >= 11 is 20.0. The maximum atomic E-state index is 6.54. The number of alkyl halides is 1. The maximum Gasteiger partial charge on any atom is 0.0991 e. The van der Waals surface area contributed by atoms with Gasteiger partial charge in [-0.3, -0.25) is 0 Å². The molecule has 1 atom stereocenters. The van der Waals surface area contributed by atoms with E-state index in [1.807, 2.05) is 6.07 Å². The highest BCUT2D eigenvalue weighted by molar-refractivity contribution is 7.20. The monoisotopic (exact) mass is 282 g/mol. The van der Waals surface area contributed by atoms with Gasteiger partial charge in [0.15, 0.2) is 0 Å². The summed E-state index contributed by atoms with van der Waals surface area (Å²) in [6.45, 7) is 2.25. The van der Waals surface area contributed by atoms with E-state index in [0.29, 0.717) is 0 Å². The van der Waals surface area contributed by atoms with Crippen LogP contribution in [0.5, 0.6) is 0 Å². The van der Waals surface area contributed by atoms with E-state index in [0.717, 1.165) is 14.2 Å². The zero-order chi connectivity index (χ0) is 11.1. The van der Waals surface area contributed by atoms with E-state index in [4.69, 9.17) is 34.8 Å². The smallest absolute Gasteiger partial charge is 0.0991 e. The van der Waals surface area contributed by atoms with Crippen molar-refractivity contribution in [2.75, 3.05) is 0 Å². The van der Waals surface area contributed by atoms with Gasteiger partial charge in [0.1, 0.15) is 0 Å². The molecule has 1 aromatic heterocycles. The Morgan fingerprint density at radius 1 is 1.33 bits per heavy atom. The molecule has 0 saturated heterocycles. The molecule has 15 heavy (non-hydrogen) atoms. The molecular formula is C11H13Cl3S. The van der Waals surface area contributed by atoms with Crippen LogP contribution < -0.4 is 0 Å². The number of rotatable bonds is 2. The number of thiophene rings is 1. The van der Waals surface area contributed by atoms with Crippen molar-refractivity contribution in [2.45, 2.75) is 38.0 Å². The molecule has 2 rings (SSSR count). The summed E-state index contributed by atoms with van der Waals surface area (Å²) in [6, 6.07) is 1.91. The Labute approximate surface area is 110 Å². The minimum atomic E-state index is -0.00347. The van der Waals surface area contributed by atoms with E-state index < -0.39 is 0 Å². The third-order valence-electron chi connectivity index (χ3n) is 3.31. The first-order valence-corrected chi connectivity index (χ1v) is 7.13. The fourth-order valence-corrected chi connectivity index (χ4v) is 4.38. The standard InChI is InChI=1S/C11H13Cl3S/c1-11(4-2-3-5-11)9(13)7-6-8(12)15-10(7)14/h6,9H,2-5H2,1H3. The molecule has 0 bridgehead atoms. The van der Waals surface area contributed by atoms with Gasteiger partial charge >= 0.3 is 0 Å². The highest BCUT2D eigenvalue weighted by Gasteiger charge is 2.38. The molecule has 0 radical (unpaired) electrons. The molecule has 0 aliphatic heterocycles. The van der Waals surface area contributed by atoms with Gasteiger partial charge in [-0.2, -0.15) is 0 Å². The molecule has 0 aromatic carbocycles. The van der Waals surface area contributed by atoms with E-state index in [2.05, 4.69) is 6.92 Å². The lowest BCUT2D eigenvalue weighted by Crippen LogP contribution is -2.17. The van der Waals surface area contributed by atoms with Crippen molar-refractivity contribution in [2.24, 2.45) is 5.41 Å². The van der Waals surface area contributed by atoms with Crippen LogP contribution in [-0.4, -0.2) is 0 Å². The van der Waals surface area contributed by atoms with Crippen LogP contribution >= 0.6 is 46.1 Å². The largest absolute Gasteiger partial charge is 0.117 e. The van der Waals surface area contributed by atoms with Gasteiger partial charge < -0.3 is 0 Å². The summed E-state index contributed by atoms with van der Waals surface area (Å²) in [5.41, 5.74) is 1.20. The Morgan fingerprint density at radius 2 is 1.93 bits per heavy atom. The average molecular weight is 284 g/mol. The Hall–Kier alpha value is 0.570. The number of halogens is 3. The van der Waals surface area contributed by atoms with Gasteiger partial charge in [-0.1, -0.05) is 43.0 Å². The van der Waals surface area contributed by atoms with Crippen LogP contribution in [0.1, 0.15) is 43.5 Å². The van der Waals surface area contributed by atoms with Gasteiger partial charge in [0.25, 0.3) is 0 Å². The van der Waals surface area contributed by atoms with Crippen molar-refractivity contribution in [1.29, 1.82) is 0 Å². The van der Waals surface area contributed by atoms with Crippen LogP contribution in [0.2, 0.25) is 8.67 Å². The summed E-state index contributed by atoms with van der Waals surface area (Å²) in [4.78, 5) is 0. The van der Waals surface area contributed by atoms with Gasteiger partial charge in [-0.25, -0.2) is 0 Å². The van der Waals surface area contributed by atoms with Gasteiger partial charge in [0.05, 0.1) is 14.0 Å². The van der Waals surface area contributed by atoms with Crippen LogP contribution in [0.4, 0.5) is 0 Å². The van der Waals surface area contributed by atoms with Gasteiger partial charge in [-0.15, -0.1) is 22.9 Å². The fourth-order valence-electron chi connectivity index (χ4n) is 2.34. The third kappa shape index (κ3) is 2.31. The third-order valence-corrected chi connectivity index (χ3v) is 5.59. The van der Waals surface area contributed by atoms with Crippen LogP contribution in [-0.2, 0) is 0 Å². The van der Waals surface area contributed by atoms with Crippen molar-refractivity contribution in [3.05, 3.63) is 20.3 Å². The topological polar surface area (TPSA) is 0 Å². The van der Waals surface area contributed by atoms with Crippen LogP contribution in [0, 0.1) is 5.41 Å². The predicted octanol–water partition coefficient (Wildman–Crippen LogP) is 5.92. The minimum Gasteiger partial charge on any atom is -0.117 e.